The number of rotatable bonds is 9. The molecule has 0 bridgehead atoms. The van der Waals surface area contributed by atoms with Gasteiger partial charge in [0.15, 0.2) is 5.16 Å². The zero-order valence-electron chi connectivity index (χ0n) is 19.4. The van der Waals surface area contributed by atoms with E-state index in [4.69, 9.17) is 4.98 Å². The molecule has 0 radical (unpaired) electrons. The van der Waals surface area contributed by atoms with Crippen molar-refractivity contribution in [1.29, 1.82) is 0 Å². The predicted molar refractivity (Wildman–Crippen MR) is 140 cm³/mol. The molecule has 0 unspecified atom stereocenters. The summed E-state index contributed by atoms with van der Waals surface area (Å²) < 4.78 is 1.64. The molecular formula is C25H30N4O2S2. The van der Waals surface area contributed by atoms with Crippen molar-refractivity contribution in [1.82, 2.24) is 9.55 Å². The number of hydrogen-bond donors (Lipinski definition) is 1. The number of fused-ring (bicyclic) bond motifs is 3. The minimum absolute atomic E-state index is 0.0246. The van der Waals surface area contributed by atoms with Gasteiger partial charge < -0.3 is 10.2 Å². The maximum absolute atomic E-state index is 13.2. The number of aromatic nitrogens is 2. The number of benzene rings is 1. The number of amides is 1. The maximum Gasteiger partial charge on any atom is 0.263 e. The Bertz CT molecular complexity index is 1230. The van der Waals surface area contributed by atoms with Crippen LogP contribution in [-0.2, 0) is 24.2 Å². The van der Waals surface area contributed by atoms with E-state index in [0.717, 1.165) is 47.4 Å². The molecule has 1 amide bonds. The molecule has 4 rings (SSSR count). The summed E-state index contributed by atoms with van der Waals surface area (Å²) in [4.78, 5) is 35.0. The number of aryl methyl sites for hydroxylation is 2. The van der Waals surface area contributed by atoms with Crippen molar-refractivity contribution in [3.8, 4) is 0 Å². The van der Waals surface area contributed by atoms with Gasteiger partial charge in [0.1, 0.15) is 4.83 Å². The Morgan fingerprint density at radius 3 is 2.76 bits per heavy atom. The van der Waals surface area contributed by atoms with Gasteiger partial charge in [-0.25, -0.2) is 4.98 Å². The summed E-state index contributed by atoms with van der Waals surface area (Å²) in [7, 11) is 0. The summed E-state index contributed by atoms with van der Waals surface area (Å²) >= 11 is 2.91. The lowest BCUT2D eigenvalue weighted by atomic mass is 10.2. The first-order valence-electron chi connectivity index (χ1n) is 11.4. The number of hydrogen-bond acceptors (Lipinski definition) is 6. The van der Waals surface area contributed by atoms with E-state index in [0.29, 0.717) is 17.7 Å². The van der Waals surface area contributed by atoms with Gasteiger partial charge in [-0.15, -0.1) is 17.9 Å². The highest BCUT2D eigenvalue weighted by molar-refractivity contribution is 7.99. The van der Waals surface area contributed by atoms with Gasteiger partial charge in [-0.3, -0.25) is 14.2 Å². The van der Waals surface area contributed by atoms with Gasteiger partial charge in [0.2, 0.25) is 5.91 Å². The topological polar surface area (TPSA) is 67.2 Å². The largest absolute Gasteiger partial charge is 0.369 e. The van der Waals surface area contributed by atoms with Gasteiger partial charge in [-0.05, 0) is 69.9 Å². The van der Waals surface area contributed by atoms with Crippen molar-refractivity contribution in [3.63, 3.8) is 0 Å². The fraction of sp³-hybridized carbons (Fsp3) is 0.400. The van der Waals surface area contributed by atoms with Gasteiger partial charge in [-0.2, -0.15) is 0 Å². The van der Waals surface area contributed by atoms with Crippen LogP contribution >= 0.6 is 23.1 Å². The molecule has 0 saturated carbocycles. The second-order valence-electron chi connectivity index (χ2n) is 8.40. The number of carbonyl (C=O) groups is 1. The number of carbonyl (C=O) groups excluding carboxylic acids is 1. The third-order valence-corrected chi connectivity index (χ3v) is 8.04. The number of nitrogens with zero attached hydrogens (tertiary/aromatic N) is 3. The molecule has 0 atom stereocenters. The maximum atomic E-state index is 13.2. The number of thioether (sulfide) groups is 1. The average molecular weight is 483 g/mol. The summed E-state index contributed by atoms with van der Waals surface area (Å²) in [5.41, 5.74) is 3.03. The Morgan fingerprint density at radius 1 is 1.33 bits per heavy atom. The van der Waals surface area contributed by atoms with Gasteiger partial charge in [0, 0.05) is 35.4 Å². The lowest BCUT2D eigenvalue weighted by molar-refractivity contribution is -0.113. The van der Waals surface area contributed by atoms with E-state index in [1.165, 1.54) is 22.2 Å². The van der Waals surface area contributed by atoms with Gasteiger partial charge >= 0.3 is 0 Å². The van der Waals surface area contributed by atoms with E-state index in [2.05, 4.69) is 37.6 Å². The van der Waals surface area contributed by atoms with Crippen molar-refractivity contribution in [2.75, 3.05) is 22.5 Å². The fourth-order valence-corrected chi connectivity index (χ4v) is 6.48. The lowest BCUT2D eigenvalue weighted by Gasteiger charge is -2.27. The van der Waals surface area contributed by atoms with E-state index in [9.17, 15) is 9.59 Å². The quantitative estimate of drug-likeness (QED) is 0.261. The van der Waals surface area contributed by atoms with Crippen LogP contribution < -0.4 is 15.8 Å². The second kappa shape index (κ2) is 10.1. The number of anilines is 2. The molecule has 8 heteroatoms. The molecule has 2 heterocycles. The molecule has 1 aliphatic carbocycles. The SMILES string of the molecule is C=CCn1c(SCC(=O)Nc2ccc(N(CC)C(C)C)cc2)nc2sc3c(c2c1=O)CCC3. The molecule has 0 spiro atoms. The van der Waals surface area contributed by atoms with E-state index < -0.39 is 0 Å². The molecular weight excluding hydrogens is 452 g/mol. The second-order valence-corrected chi connectivity index (χ2v) is 10.4. The molecule has 1 aliphatic rings. The highest BCUT2D eigenvalue weighted by Crippen LogP contribution is 2.35. The Labute approximate surface area is 202 Å². The van der Waals surface area contributed by atoms with Crippen LogP contribution in [0, 0.1) is 0 Å². The van der Waals surface area contributed by atoms with E-state index in [1.807, 2.05) is 24.3 Å². The van der Waals surface area contributed by atoms with Crippen molar-refractivity contribution < 1.29 is 4.79 Å². The molecule has 3 aromatic rings. The molecule has 2 aromatic heterocycles. The highest BCUT2D eigenvalue weighted by atomic mass is 32.2. The molecule has 174 valence electrons. The van der Waals surface area contributed by atoms with Crippen molar-refractivity contribution in [3.05, 3.63) is 57.7 Å². The Morgan fingerprint density at radius 2 is 2.09 bits per heavy atom. The van der Waals surface area contributed by atoms with Crippen LogP contribution in [0.4, 0.5) is 11.4 Å². The first kappa shape index (κ1) is 23.6. The zero-order valence-corrected chi connectivity index (χ0v) is 21.0. The van der Waals surface area contributed by atoms with Crippen LogP contribution in [0.1, 0.15) is 37.6 Å². The molecule has 0 aliphatic heterocycles. The van der Waals surface area contributed by atoms with Crippen molar-refractivity contribution in [2.45, 2.75) is 57.8 Å². The fourth-order valence-electron chi connectivity index (χ4n) is 4.37. The minimum Gasteiger partial charge on any atom is -0.369 e. The average Bonchev–Trinajstić information content (AvgIpc) is 3.37. The lowest BCUT2D eigenvalue weighted by Crippen LogP contribution is -2.30. The molecule has 1 aromatic carbocycles. The standard InChI is InChI=1S/C25H30N4O2S2/c1-5-14-29-24(31)22-19-8-7-9-20(19)33-23(22)27-25(29)32-15-21(30)26-17-10-12-18(13-11-17)28(6-2)16(3)4/h5,10-13,16H,1,6-9,14-15H2,2-4H3,(H,26,30). The first-order valence-corrected chi connectivity index (χ1v) is 13.2. The van der Waals surface area contributed by atoms with Gasteiger partial charge in [0.05, 0.1) is 11.1 Å². The zero-order chi connectivity index (χ0) is 23.5. The van der Waals surface area contributed by atoms with Gasteiger partial charge in [-0.1, -0.05) is 17.8 Å². The third-order valence-electron chi connectivity index (χ3n) is 5.88. The molecule has 33 heavy (non-hydrogen) atoms. The summed E-state index contributed by atoms with van der Waals surface area (Å²) in [6, 6.07) is 8.32. The Kier molecular flexibility index (Phi) is 7.24. The monoisotopic (exact) mass is 482 g/mol. The van der Waals surface area contributed by atoms with Crippen molar-refractivity contribution in [2.24, 2.45) is 0 Å². The number of nitrogens with one attached hydrogen (secondary N) is 1. The van der Waals surface area contributed by atoms with E-state index in [1.54, 1.807) is 22.0 Å². The van der Waals surface area contributed by atoms with Crippen molar-refractivity contribution >= 4 is 50.6 Å². The summed E-state index contributed by atoms with van der Waals surface area (Å²) in [5, 5.41) is 4.27. The minimum atomic E-state index is -0.128. The van der Waals surface area contributed by atoms with Crippen LogP contribution in [0.25, 0.3) is 10.2 Å². The summed E-state index contributed by atoms with van der Waals surface area (Å²) in [6.07, 6.45) is 4.77. The van der Waals surface area contributed by atoms with E-state index >= 15 is 0 Å². The molecule has 1 N–H and O–H groups in total. The summed E-state index contributed by atoms with van der Waals surface area (Å²) in [6.45, 7) is 11.6. The van der Waals surface area contributed by atoms with Crippen LogP contribution in [0.5, 0.6) is 0 Å². The highest BCUT2D eigenvalue weighted by Gasteiger charge is 2.23. The van der Waals surface area contributed by atoms with Crippen LogP contribution in [-0.4, -0.2) is 33.8 Å². The molecule has 0 saturated heterocycles. The van der Waals surface area contributed by atoms with Crippen LogP contribution in [0.15, 0.2) is 46.9 Å². The smallest absolute Gasteiger partial charge is 0.263 e. The Balaban J connectivity index is 1.48. The molecule has 6 nitrogen and oxygen atoms in total. The third kappa shape index (κ3) is 4.87. The molecule has 0 fully saturated rings. The predicted octanol–water partition coefficient (Wildman–Crippen LogP) is 5.10. The van der Waals surface area contributed by atoms with E-state index in [-0.39, 0.29) is 17.2 Å². The normalized spacial score (nSPS) is 12.8. The van der Waals surface area contributed by atoms with Crippen LogP contribution in [0.2, 0.25) is 0 Å². The summed E-state index contributed by atoms with van der Waals surface area (Å²) in [5.74, 6) is 0.0479. The number of allylic oxidation sites excluding steroid dienone is 1. The van der Waals surface area contributed by atoms with Crippen LogP contribution in [0.3, 0.4) is 0 Å². The first-order chi connectivity index (χ1) is 15.9. The number of thiophene rings is 1. The van der Waals surface area contributed by atoms with Gasteiger partial charge in [0.25, 0.3) is 5.56 Å². The Hall–Kier alpha value is -2.58.